The average molecular weight is 334 g/mol. The Bertz CT molecular complexity index is 907. The Kier molecular flexibility index (Phi) is 4.20. The molecule has 1 saturated heterocycles. The molecule has 4 rings (SSSR count). The first-order valence-electron chi connectivity index (χ1n) is 8.39. The number of nitrogens with one attached hydrogen (secondary N) is 1. The first-order chi connectivity index (χ1) is 12.3. The zero-order valence-corrected chi connectivity index (χ0v) is 13.7. The number of carbonyl (C=O) groups excluding carboxylic acids is 1. The first kappa shape index (κ1) is 15.4. The lowest BCUT2D eigenvalue weighted by molar-refractivity contribution is 0.102. The summed E-state index contributed by atoms with van der Waals surface area (Å²) in [5.41, 5.74) is 1.96. The maximum Gasteiger partial charge on any atom is 0.256 e. The van der Waals surface area contributed by atoms with E-state index in [4.69, 9.17) is 0 Å². The minimum absolute atomic E-state index is 0.226. The minimum Gasteiger partial charge on any atom is -0.356 e. The highest BCUT2D eigenvalue weighted by Crippen LogP contribution is 2.20. The lowest BCUT2D eigenvalue weighted by atomic mass is 10.1. The summed E-state index contributed by atoms with van der Waals surface area (Å²) in [4.78, 5) is 31.7. The highest BCUT2D eigenvalue weighted by atomic mass is 16.1. The predicted molar refractivity (Wildman–Crippen MR) is 95.6 cm³/mol. The van der Waals surface area contributed by atoms with Gasteiger partial charge in [-0.05, 0) is 37.5 Å². The molecule has 25 heavy (non-hydrogen) atoms. The fourth-order valence-corrected chi connectivity index (χ4v) is 3.00. The summed E-state index contributed by atoms with van der Waals surface area (Å²) in [6.45, 7) is 1.99. The molecule has 1 fully saturated rings. The van der Waals surface area contributed by atoms with Crippen molar-refractivity contribution in [2.45, 2.75) is 19.3 Å². The zero-order chi connectivity index (χ0) is 17.1. The van der Waals surface area contributed by atoms with Crippen LogP contribution in [0, 0.1) is 0 Å². The molecule has 1 N–H and O–H groups in total. The van der Waals surface area contributed by atoms with Gasteiger partial charge in [-0.1, -0.05) is 0 Å². The van der Waals surface area contributed by atoms with Crippen molar-refractivity contribution in [3.05, 3.63) is 48.5 Å². The summed E-state index contributed by atoms with van der Waals surface area (Å²) in [7, 11) is 0. The van der Waals surface area contributed by atoms with Crippen LogP contribution in [0.3, 0.4) is 0 Å². The quantitative estimate of drug-likeness (QED) is 0.793. The highest BCUT2D eigenvalue weighted by Gasteiger charge is 2.14. The molecule has 3 heterocycles. The summed E-state index contributed by atoms with van der Waals surface area (Å²) in [5.74, 6) is 1.13. The molecular formula is C18H18N6O. The Morgan fingerprint density at radius 3 is 2.56 bits per heavy atom. The highest BCUT2D eigenvalue weighted by molar-refractivity contribution is 6.05. The van der Waals surface area contributed by atoms with E-state index in [-0.39, 0.29) is 5.91 Å². The van der Waals surface area contributed by atoms with E-state index in [9.17, 15) is 4.79 Å². The number of nitrogens with zero attached hydrogens (tertiary/aromatic N) is 5. The predicted octanol–water partition coefficient (Wildman–Crippen LogP) is 2.66. The Morgan fingerprint density at radius 1 is 0.920 bits per heavy atom. The second-order valence-corrected chi connectivity index (χ2v) is 6.02. The number of hydrogen-bond acceptors (Lipinski definition) is 6. The van der Waals surface area contributed by atoms with Crippen LogP contribution in [0.4, 0.5) is 11.6 Å². The number of hydrogen-bond donors (Lipinski definition) is 1. The minimum atomic E-state index is -0.226. The van der Waals surface area contributed by atoms with Gasteiger partial charge in [0, 0.05) is 37.1 Å². The van der Waals surface area contributed by atoms with Crippen molar-refractivity contribution in [2.75, 3.05) is 23.3 Å². The van der Waals surface area contributed by atoms with Crippen LogP contribution in [-0.2, 0) is 0 Å². The Hall–Kier alpha value is -3.09. The average Bonchev–Trinajstić information content (AvgIpc) is 2.68. The lowest BCUT2D eigenvalue weighted by Crippen LogP contribution is -2.30. The van der Waals surface area contributed by atoms with Gasteiger partial charge in [-0.2, -0.15) is 0 Å². The molecule has 126 valence electrons. The van der Waals surface area contributed by atoms with Crippen molar-refractivity contribution in [3.63, 3.8) is 0 Å². The normalized spacial score (nSPS) is 14.5. The van der Waals surface area contributed by atoms with E-state index >= 15 is 0 Å². The molecule has 3 aromatic rings. The van der Waals surface area contributed by atoms with E-state index in [1.165, 1.54) is 25.6 Å². The number of carbonyl (C=O) groups is 1. The van der Waals surface area contributed by atoms with Crippen molar-refractivity contribution in [1.82, 2.24) is 19.9 Å². The number of aromatic nitrogens is 4. The van der Waals surface area contributed by atoms with Crippen molar-refractivity contribution in [1.29, 1.82) is 0 Å². The number of anilines is 2. The molecular weight excluding hydrogens is 316 g/mol. The summed E-state index contributed by atoms with van der Waals surface area (Å²) in [6.07, 6.45) is 8.33. The molecule has 0 spiro atoms. The Morgan fingerprint density at radius 2 is 1.72 bits per heavy atom. The molecule has 7 nitrogen and oxygen atoms in total. The van der Waals surface area contributed by atoms with Crippen LogP contribution < -0.4 is 10.2 Å². The molecule has 1 aromatic carbocycles. The standard InChI is InChI=1S/C18H18N6O/c25-18(13-4-5-14-15(10-13)20-7-6-19-14)23-16-11-17(22-12-21-16)24-8-2-1-3-9-24/h4-7,10-12H,1-3,8-9H2,(H,21,22,23,25). The van der Waals surface area contributed by atoms with E-state index in [0.29, 0.717) is 16.9 Å². The summed E-state index contributed by atoms with van der Waals surface area (Å²) in [5, 5.41) is 2.84. The van der Waals surface area contributed by atoms with Gasteiger partial charge < -0.3 is 10.2 Å². The van der Waals surface area contributed by atoms with Gasteiger partial charge in [-0.15, -0.1) is 0 Å². The third kappa shape index (κ3) is 3.40. The second-order valence-electron chi connectivity index (χ2n) is 6.02. The fourth-order valence-electron chi connectivity index (χ4n) is 3.00. The van der Waals surface area contributed by atoms with Crippen LogP contribution in [0.2, 0.25) is 0 Å². The summed E-state index contributed by atoms with van der Waals surface area (Å²) < 4.78 is 0. The van der Waals surface area contributed by atoms with Gasteiger partial charge in [0.25, 0.3) is 5.91 Å². The topological polar surface area (TPSA) is 83.9 Å². The van der Waals surface area contributed by atoms with Crippen molar-refractivity contribution in [3.8, 4) is 0 Å². The van der Waals surface area contributed by atoms with E-state index < -0.39 is 0 Å². The molecule has 2 aromatic heterocycles. The van der Waals surface area contributed by atoms with E-state index in [1.807, 2.05) is 6.07 Å². The molecule has 1 aliphatic rings. The third-order valence-electron chi connectivity index (χ3n) is 4.31. The van der Waals surface area contributed by atoms with Gasteiger partial charge in [0.1, 0.15) is 18.0 Å². The van der Waals surface area contributed by atoms with Crippen LogP contribution in [0.1, 0.15) is 29.6 Å². The van der Waals surface area contributed by atoms with E-state index in [2.05, 4.69) is 30.2 Å². The lowest BCUT2D eigenvalue weighted by Gasteiger charge is -2.27. The van der Waals surface area contributed by atoms with Gasteiger partial charge >= 0.3 is 0 Å². The van der Waals surface area contributed by atoms with Crippen LogP contribution >= 0.6 is 0 Å². The molecule has 0 aliphatic carbocycles. The van der Waals surface area contributed by atoms with E-state index in [1.54, 1.807) is 30.6 Å². The van der Waals surface area contributed by atoms with Crippen molar-refractivity contribution in [2.24, 2.45) is 0 Å². The SMILES string of the molecule is O=C(Nc1cc(N2CCCCC2)ncn1)c1ccc2nccnc2c1. The maximum atomic E-state index is 12.5. The van der Waals surface area contributed by atoms with Crippen molar-refractivity contribution < 1.29 is 4.79 Å². The fraction of sp³-hybridized carbons (Fsp3) is 0.278. The number of benzene rings is 1. The van der Waals surface area contributed by atoms with Crippen LogP contribution in [0.5, 0.6) is 0 Å². The van der Waals surface area contributed by atoms with Gasteiger partial charge in [0.2, 0.25) is 0 Å². The van der Waals surface area contributed by atoms with Crippen LogP contribution in [0.25, 0.3) is 11.0 Å². The largest absolute Gasteiger partial charge is 0.356 e. The number of fused-ring (bicyclic) bond motifs is 1. The zero-order valence-electron chi connectivity index (χ0n) is 13.7. The summed E-state index contributed by atoms with van der Waals surface area (Å²) >= 11 is 0. The maximum absolute atomic E-state index is 12.5. The molecule has 1 aliphatic heterocycles. The monoisotopic (exact) mass is 334 g/mol. The molecule has 1 amide bonds. The Labute approximate surface area is 145 Å². The molecule has 7 heteroatoms. The smallest absolute Gasteiger partial charge is 0.256 e. The molecule has 0 bridgehead atoms. The van der Waals surface area contributed by atoms with Gasteiger partial charge in [-0.3, -0.25) is 14.8 Å². The molecule has 0 saturated carbocycles. The third-order valence-corrected chi connectivity index (χ3v) is 4.31. The molecule has 0 atom stereocenters. The summed E-state index contributed by atoms with van der Waals surface area (Å²) in [6, 6.07) is 7.07. The van der Waals surface area contributed by atoms with Crippen LogP contribution in [-0.4, -0.2) is 38.9 Å². The van der Waals surface area contributed by atoms with Gasteiger partial charge in [0.15, 0.2) is 0 Å². The van der Waals surface area contributed by atoms with Gasteiger partial charge in [-0.25, -0.2) is 9.97 Å². The number of amides is 1. The molecule has 0 radical (unpaired) electrons. The van der Waals surface area contributed by atoms with Crippen LogP contribution in [0.15, 0.2) is 43.0 Å². The van der Waals surface area contributed by atoms with Gasteiger partial charge in [0.05, 0.1) is 11.0 Å². The van der Waals surface area contributed by atoms with Crippen molar-refractivity contribution >= 4 is 28.6 Å². The van der Waals surface area contributed by atoms with E-state index in [0.717, 1.165) is 24.4 Å². The first-order valence-corrected chi connectivity index (χ1v) is 8.39. The number of piperidine rings is 1. The Balaban J connectivity index is 1.53. The molecule has 0 unspecified atom stereocenters. The number of rotatable bonds is 3. The second kappa shape index (κ2) is 6.80.